The van der Waals surface area contributed by atoms with Gasteiger partial charge in [-0.1, -0.05) is 12.1 Å². The summed E-state index contributed by atoms with van der Waals surface area (Å²) in [5, 5.41) is 13.6. The van der Waals surface area contributed by atoms with E-state index in [2.05, 4.69) is 5.32 Å². The summed E-state index contributed by atoms with van der Waals surface area (Å²) >= 11 is 0. The topological polar surface area (TPSA) is 90.7 Å². The fourth-order valence-corrected chi connectivity index (χ4v) is 2.47. The second-order valence-corrected chi connectivity index (χ2v) is 5.50. The van der Waals surface area contributed by atoms with Gasteiger partial charge in [-0.2, -0.15) is 0 Å². The Morgan fingerprint density at radius 2 is 1.84 bits per heavy atom. The van der Waals surface area contributed by atoms with Crippen LogP contribution in [-0.4, -0.2) is 25.1 Å². The van der Waals surface area contributed by atoms with E-state index < -0.39 is 4.92 Å². The summed E-state index contributed by atoms with van der Waals surface area (Å²) in [5.41, 5.74) is 1.51. The lowest BCUT2D eigenvalue weighted by atomic mass is 10.1. The Kier molecular flexibility index (Phi) is 5.94. The van der Waals surface area contributed by atoms with Crippen molar-refractivity contribution >= 4 is 11.6 Å². The first kappa shape index (κ1) is 18.3. The van der Waals surface area contributed by atoms with E-state index in [1.54, 1.807) is 38.5 Å². The van der Waals surface area contributed by atoms with E-state index in [1.165, 1.54) is 12.1 Å². The number of nitrogens with one attached hydrogen (secondary N) is 1. The first-order valence-electron chi connectivity index (χ1n) is 7.69. The van der Waals surface area contributed by atoms with Gasteiger partial charge in [-0.25, -0.2) is 0 Å². The number of methoxy groups -OCH3 is 2. The SMILES string of the molecule is COc1ccc(OC)c(C(C)NC(=O)Cc2ccc([N+](=O)[O-])cc2)c1. The molecule has 0 fully saturated rings. The molecule has 0 aliphatic heterocycles. The van der Waals surface area contributed by atoms with Crippen molar-refractivity contribution in [1.82, 2.24) is 5.32 Å². The van der Waals surface area contributed by atoms with Gasteiger partial charge in [0.2, 0.25) is 5.91 Å². The van der Waals surface area contributed by atoms with Crippen LogP contribution < -0.4 is 14.8 Å². The van der Waals surface area contributed by atoms with Crippen LogP contribution in [0.25, 0.3) is 0 Å². The van der Waals surface area contributed by atoms with Crippen LogP contribution in [0.4, 0.5) is 5.69 Å². The summed E-state index contributed by atoms with van der Waals surface area (Å²) in [4.78, 5) is 22.4. The zero-order valence-corrected chi connectivity index (χ0v) is 14.3. The van der Waals surface area contributed by atoms with Gasteiger partial charge in [-0.05, 0) is 30.7 Å². The molecule has 0 radical (unpaired) electrons. The van der Waals surface area contributed by atoms with Crippen molar-refractivity contribution in [1.29, 1.82) is 0 Å². The molecule has 7 heteroatoms. The van der Waals surface area contributed by atoms with Crippen molar-refractivity contribution < 1.29 is 19.2 Å². The zero-order valence-electron chi connectivity index (χ0n) is 14.3. The standard InChI is InChI=1S/C18H20N2O5/c1-12(16-11-15(24-2)8-9-17(16)25-3)19-18(21)10-13-4-6-14(7-5-13)20(22)23/h4-9,11-12H,10H2,1-3H3,(H,19,21). The van der Waals surface area contributed by atoms with E-state index in [0.29, 0.717) is 17.1 Å². The highest BCUT2D eigenvalue weighted by atomic mass is 16.6. The average molecular weight is 344 g/mol. The number of hydrogen-bond acceptors (Lipinski definition) is 5. The molecule has 1 N–H and O–H groups in total. The Bertz CT molecular complexity index is 759. The molecule has 0 bridgehead atoms. The second-order valence-electron chi connectivity index (χ2n) is 5.50. The largest absolute Gasteiger partial charge is 0.497 e. The van der Waals surface area contributed by atoms with Crippen LogP contribution in [0.5, 0.6) is 11.5 Å². The fraction of sp³-hybridized carbons (Fsp3) is 0.278. The molecule has 2 rings (SSSR count). The Labute approximate surface area is 145 Å². The minimum absolute atomic E-state index is 0.00126. The smallest absolute Gasteiger partial charge is 0.269 e. The third-order valence-corrected chi connectivity index (χ3v) is 3.79. The van der Waals surface area contributed by atoms with Crippen LogP contribution in [0.15, 0.2) is 42.5 Å². The number of nitro benzene ring substituents is 1. The summed E-state index contributed by atoms with van der Waals surface area (Å²) in [5.74, 6) is 1.14. The quantitative estimate of drug-likeness (QED) is 0.616. The van der Waals surface area contributed by atoms with E-state index >= 15 is 0 Å². The highest BCUT2D eigenvalue weighted by molar-refractivity contribution is 5.79. The fourth-order valence-electron chi connectivity index (χ4n) is 2.47. The predicted molar refractivity (Wildman–Crippen MR) is 92.9 cm³/mol. The van der Waals surface area contributed by atoms with Gasteiger partial charge in [0.25, 0.3) is 5.69 Å². The van der Waals surface area contributed by atoms with Crippen molar-refractivity contribution in [3.63, 3.8) is 0 Å². The van der Waals surface area contributed by atoms with Gasteiger partial charge in [0.05, 0.1) is 31.6 Å². The Morgan fingerprint density at radius 3 is 2.40 bits per heavy atom. The number of amides is 1. The summed E-state index contributed by atoms with van der Waals surface area (Å²) < 4.78 is 10.5. The summed E-state index contributed by atoms with van der Waals surface area (Å²) in [6, 6.07) is 11.0. The van der Waals surface area contributed by atoms with Gasteiger partial charge in [0, 0.05) is 17.7 Å². The lowest BCUT2D eigenvalue weighted by molar-refractivity contribution is -0.384. The van der Waals surface area contributed by atoms with Crippen LogP contribution in [0.3, 0.4) is 0 Å². The maximum Gasteiger partial charge on any atom is 0.269 e. The van der Waals surface area contributed by atoms with Gasteiger partial charge < -0.3 is 14.8 Å². The van der Waals surface area contributed by atoms with Gasteiger partial charge in [0.1, 0.15) is 11.5 Å². The van der Waals surface area contributed by atoms with E-state index in [-0.39, 0.29) is 24.1 Å². The number of nitro groups is 1. The number of ether oxygens (including phenoxy) is 2. The number of hydrogen-bond donors (Lipinski definition) is 1. The van der Waals surface area contributed by atoms with Gasteiger partial charge in [0.15, 0.2) is 0 Å². The van der Waals surface area contributed by atoms with Crippen molar-refractivity contribution in [2.45, 2.75) is 19.4 Å². The Hall–Kier alpha value is -3.09. The van der Waals surface area contributed by atoms with Crippen molar-refractivity contribution in [2.24, 2.45) is 0 Å². The Morgan fingerprint density at radius 1 is 1.16 bits per heavy atom. The van der Waals surface area contributed by atoms with Gasteiger partial charge in [-0.15, -0.1) is 0 Å². The number of carbonyl (C=O) groups is 1. The van der Waals surface area contributed by atoms with E-state index in [4.69, 9.17) is 9.47 Å². The van der Waals surface area contributed by atoms with Crippen LogP contribution in [0.2, 0.25) is 0 Å². The molecule has 7 nitrogen and oxygen atoms in total. The summed E-state index contributed by atoms with van der Waals surface area (Å²) in [6.45, 7) is 1.85. The van der Waals surface area contributed by atoms with Crippen molar-refractivity contribution in [2.75, 3.05) is 14.2 Å². The molecule has 0 aliphatic carbocycles. The lowest BCUT2D eigenvalue weighted by Gasteiger charge is -2.18. The minimum Gasteiger partial charge on any atom is -0.497 e. The van der Waals surface area contributed by atoms with Crippen LogP contribution in [0, 0.1) is 10.1 Å². The maximum absolute atomic E-state index is 12.3. The van der Waals surface area contributed by atoms with E-state index in [1.807, 2.05) is 13.0 Å². The number of nitrogens with zero attached hydrogens (tertiary/aromatic N) is 1. The van der Waals surface area contributed by atoms with Crippen molar-refractivity contribution in [3.8, 4) is 11.5 Å². The molecule has 0 saturated carbocycles. The molecule has 25 heavy (non-hydrogen) atoms. The molecule has 0 spiro atoms. The number of carbonyl (C=O) groups excluding carboxylic acids is 1. The number of non-ortho nitro benzene ring substituents is 1. The normalized spacial score (nSPS) is 11.5. The number of rotatable bonds is 7. The minimum atomic E-state index is -0.471. The Balaban J connectivity index is 2.06. The molecule has 0 saturated heterocycles. The van der Waals surface area contributed by atoms with Gasteiger partial charge in [-0.3, -0.25) is 14.9 Å². The average Bonchev–Trinajstić information content (AvgIpc) is 2.61. The first-order chi connectivity index (χ1) is 11.9. The molecule has 0 aliphatic rings. The van der Waals surface area contributed by atoms with E-state index in [0.717, 1.165) is 5.56 Å². The zero-order chi connectivity index (χ0) is 18.4. The second kappa shape index (κ2) is 8.14. The predicted octanol–water partition coefficient (Wildman–Crippen LogP) is 3.03. The highest BCUT2D eigenvalue weighted by Gasteiger charge is 2.16. The van der Waals surface area contributed by atoms with Gasteiger partial charge >= 0.3 is 0 Å². The summed E-state index contributed by atoms with van der Waals surface area (Å²) in [6.07, 6.45) is 0.134. The third-order valence-electron chi connectivity index (χ3n) is 3.79. The van der Waals surface area contributed by atoms with E-state index in [9.17, 15) is 14.9 Å². The molecule has 1 unspecified atom stereocenters. The van der Waals surface area contributed by atoms with Crippen LogP contribution in [0.1, 0.15) is 24.1 Å². The monoisotopic (exact) mass is 344 g/mol. The molecule has 132 valence electrons. The van der Waals surface area contributed by atoms with Crippen LogP contribution >= 0.6 is 0 Å². The molecule has 0 aromatic heterocycles. The molecule has 2 aromatic carbocycles. The van der Waals surface area contributed by atoms with Crippen LogP contribution in [-0.2, 0) is 11.2 Å². The molecule has 0 heterocycles. The highest BCUT2D eigenvalue weighted by Crippen LogP contribution is 2.29. The van der Waals surface area contributed by atoms with Crippen molar-refractivity contribution in [3.05, 3.63) is 63.7 Å². The maximum atomic E-state index is 12.3. The molecule has 1 atom stereocenters. The molecule has 2 aromatic rings. The lowest BCUT2D eigenvalue weighted by Crippen LogP contribution is -2.28. The first-order valence-corrected chi connectivity index (χ1v) is 7.69. The molecular weight excluding hydrogens is 324 g/mol. The third kappa shape index (κ3) is 4.69. The molecular formula is C18H20N2O5. The number of benzene rings is 2. The molecule has 1 amide bonds. The summed E-state index contributed by atoms with van der Waals surface area (Å²) in [7, 11) is 3.14.